The predicted molar refractivity (Wildman–Crippen MR) is 143 cm³/mol. The monoisotopic (exact) mass is 473 g/mol. The Balaban J connectivity index is 1.31. The van der Waals surface area contributed by atoms with E-state index in [-0.39, 0.29) is 0 Å². The van der Waals surface area contributed by atoms with Crippen LogP contribution in [0.25, 0.3) is 0 Å². The fourth-order valence-corrected chi connectivity index (χ4v) is 9.71. The fraction of sp³-hybridized carbons (Fsp3) is 0.758. The Kier molecular flexibility index (Phi) is 6.93. The quantitative estimate of drug-likeness (QED) is 0.301. The second kappa shape index (κ2) is 9.68. The van der Waals surface area contributed by atoms with E-state index in [1.54, 1.807) is 5.57 Å². The van der Waals surface area contributed by atoms with Crippen LogP contribution in [0, 0.1) is 57.7 Å². The lowest BCUT2D eigenvalue weighted by Gasteiger charge is -2.58. The number of nitriles is 1. The largest absolute Gasteiger partial charge is 0.201 e. The molecule has 0 saturated heterocycles. The maximum atomic E-state index is 9.36. The van der Waals surface area contributed by atoms with Crippen molar-refractivity contribution in [3.05, 3.63) is 41.7 Å². The van der Waals surface area contributed by atoms with Crippen LogP contribution < -0.4 is 4.57 Å². The Morgan fingerprint density at radius 2 is 1.89 bits per heavy atom. The van der Waals surface area contributed by atoms with E-state index in [1.165, 1.54) is 70.6 Å². The van der Waals surface area contributed by atoms with Crippen molar-refractivity contribution in [1.82, 2.24) is 0 Å². The van der Waals surface area contributed by atoms with E-state index in [0.29, 0.717) is 16.9 Å². The summed E-state index contributed by atoms with van der Waals surface area (Å²) in [5, 5.41) is 9.36. The molecular formula is C33H49N2+. The molecule has 1 aromatic heterocycles. The topological polar surface area (TPSA) is 27.7 Å². The van der Waals surface area contributed by atoms with Gasteiger partial charge in [-0.05, 0) is 90.9 Å². The van der Waals surface area contributed by atoms with Crippen LogP contribution in [0.4, 0.5) is 0 Å². The van der Waals surface area contributed by atoms with Crippen molar-refractivity contribution < 1.29 is 4.57 Å². The molecule has 5 rings (SSSR count). The highest BCUT2D eigenvalue weighted by Gasteiger charge is 2.59. The SMILES string of the molecule is CC(C)CCC[C@@H](C)[C@H]1CC[C@H]2[C@@H]3CC=C4C[C@@H]([n+]5cccc(C#N)c5)CC[C@]4(C)[C@H]3CC[C@]12C. The first kappa shape index (κ1) is 25.0. The molecule has 1 heterocycles. The molecule has 1 aromatic rings. The van der Waals surface area contributed by atoms with Crippen molar-refractivity contribution in [1.29, 1.82) is 5.26 Å². The van der Waals surface area contributed by atoms with Gasteiger partial charge in [0.05, 0.1) is 0 Å². The van der Waals surface area contributed by atoms with Gasteiger partial charge in [-0.3, -0.25) is 0 Å². The van der Waals surface area contributed by atoms with Crippen LogP contribution in [0.2, 0.25) is 0 Å². The number of fused-ring (bicyclic) bond motifs is 5. The molecule has 0 radical (unpaired) electrons. The number of hydrogen-bond donors (Lipinski definition) is 0. The first-order valence-electron chi connectivity index (χ1n) is 14.9. The van der Waals surface area contributed by atoms with E-state index >= 15 is 0 Å². The minimum absolute atomic E-state index is 0.398. The number of rotatable bonds is 6. The molecule has 0 aliphatic heterocycles. The van der Waals surface area contributed by atoms with Gasteiger partial charge in [0.2, 0.25) is 0 Å². The number of allylic oxidation sites excluding steroid dienone is 2. The van der Waals surface area contributed by atoms with Crippen molar-refractivity contribution in [2.24, 2.45) is 46.3 Å². The van der Waals surface area contributed by atoms with Gasteiger partial charge in [-0.25, -0.2) is 4.57 Å². The average Bonchev–Trinajstić information content (AvgIpc) is 3.20. The van der Waals surface area contributed by atoms with Crippen molar-refractivity contribution in [2.45, 2.75) is 111 Å². The molecule has 0 aromatic carbocycles. The molecular weight excluding hydrogens is 424 g/mol. The van der Waals surface area contributed by atoms with Gasteiger partial charge < -0.3 is 0 Å². The minimum atomic E-state index is 0.398. The van der Waals surface area contributed by atoms with Gasteiger partial charge in [0.1, 0.15) is 11.6 Å². The molecule has 3 fully saturated rings. The predicted octanol–water partition coefficient (Wildman–Crippen LogP) is 8.43. The van der Waals surface area contributed by atoms with E-state index < -0.39 is 0 Å². The third kappa shape index (κ3) is 4.40. The summed E-state index contributed by atoms with van der Waals surface area (Å²) >= 11 is 0. The molecule has 2 heteroatoms. The fourth-order valence-electron chi connectivity index (χ4n) is 9.71. The number of hydrogen-bond acceptors (Lipinski definition) is 1. The maximum absolute atomic E-state index is 9.36. The summed E-state index contributed by atoms with van der Waals surface area (Å²) in [7, 11) is 0. The highest BCUT2D eigenvalue weighted by molar-refractivity contribution is 5.26. The molecule has 4 aliphatic carbocycles. The molecule has 0 N–H and O–H groups in total. The Labute approximate surface area is 215 Å². The average molecular weight is 474 g/mol. The van der Waals surface area contributed by atoms with Gasteiger partial charge in [0.25, 0.3) is 0 Å². The summed E-state index contributed by atoms with van der Waals surface area (Å²) in [6.07, 6.45) is 22.1. The summed E-state index contributed by atoms with van der Waals surface area (Å²) in [5.41, 5.74) is 3.49. The van der Waals surface area contributed by atoms with Gasteiger partial charge in [0, 0.05) is 18.9 Å². The van der Waals surface area contributed by atoms with Crippen LogP contribution in [0.15, 0.2) is 36.2 Å². The summed E-state index contributed by atoms with van der Waals surface area (Å²) in [6.45, 7) is 12.7. The molecule has 190 valence electrons. The zero-order chi connectivity index (χ0) is 24.8. The second-order valence-corrected chi connectivity index (χ2v) is 13.8. The zero-order valence-electron chi connectivity index (χ0n) is 23.1. The summed E-state index contributed by atoms with van der Waals surface area (Å²) in [5.74, 6) is 5.40. The van der Waals surface area contributed by atoms with Gasteiger partial charge in [-0.15, -0.1) is 0 Å². The Bertz CT molecular complexity index is 985. The van der Waals surface area contributed by atoms with Crippen molar-refractivity contribution >= 4 is 0 Å². The summed E-state index contributed by atoms with van der Waals surface area (Å²) in [4.78, 5) is 0. The third-order valence-electron chi connectivity index (χ3n) is 11.7. The molecule has 35 heavy (non-hydrogen) atoms. The van der Waals surface area contributed by atoms with Gasteiger partial charge >= 0.3 is 0 Å². The van der Waals surface area contributed by atoms with Gasteiger partial charge in [-0.2, -0.15) is 5.26 Å². The highest BCUT2D eigenvalue weighted by Crippen LogP contribution is 2.67. The molecule has 3 saturated carbocycles. The number of nitrogens with zero attached hydrogens (tertiary/aromatic N) is 2. The van der Waals surface area contributed by atoms with Gasteiger partial charge in [0.15, 0.2) is 18.4 Å². The maximum Gasteiger partial charge on any atom is 0.186 e. The molecule has 0 unspecified atom stereocenters. The molecule has 0 amide bonds. The lowest BCUT2D eigenvalue weighted by Crippen LogP contribution is -2.52. The van der Waals surface area contributed by atoms with Crippen molar-refractivity contribution in [3.63, 3.8) is 0 Å². The third-order valence-corrected chi connectivity index (χ3v) is 11.7. The van der Waals surface area contributed by atoms with E-state index in [1.807, 2.05) is 12.1 Å². The van der Waals surface area contributed by atoms with Crippen LogP contribution in [0.1, 0.15) is 117 Å². The lowest BCUT2D eigenvalue weighted by atomic mass is 9.47. The summed E-state index contributed by atoms with van der Waals surface area (Å²) < 4.78 is 2.32. The molecule has 2 nitrogen and oxygen atoms in total. The lowest BCUT2D eigenvalue weighted by molar-refractivity contribution is -0.725. The normalized spacial score (nSPS) is 39.2. The summed E-state index contributed by atoms with van der Waals surface area (Å²) in [6, 6.07) is 6.80. The van der Waals surface area contributed by atoms with Crippen molar-refractivity contribution in [3.8, 4) is 6.07 Å². The zero-order valence-corrected chi connectivity index (χ0v) is 23.1. The van der Waals surface area contributed by atoms with E-state index in [2.05, 4.69) is 63.7 Å². The van der Waals surface area contributed by atoms with E-state index in [9.17, 15) is 5.26 Å². The molecule has 8 atom stereocenters. The van der Waals surface area contributed by atoms with Gasteiger partial charge in [-0.1, -0.05) is 65.5 Å². The molecule has 4 aliphatic rings. The smallest absolute Gasteiger partial charge is 0.186 e. The van der Waals surface area contributed by atoms with Crippen LogP contribution in [-0.2, 0) is 0 Å². The minimum Gasteiger partial charge on any atom is -0.201 e. The Hall–Kier alpha value is -1.62. The van der Waals surface area contributed by atoms with E-state index in [4.69, 9.17) is 0 Å². The first-order valence-corrected chi connectivity index (χ1v) is 14.9. The molecule has 0 spiro atoms. The second-order valence-electron chi connectivity index (χ2n) is 13.8. The number of pyridine rings is 1. The van der Waals surface area contributed by atoms with Crippen LogP contribution in [0.5, 0.6) is 0 Å². The van der Waals surface area contributed by atoms with Crippen LogP contribution >= 0.6 is 0 Å². The van der Waals surface area contributed by atoms with Crippen LogP contribution in [-0.4, -0.2) is 0 Å². The van der Waals surface area contributed by atoms with Crippen molar-refractivity contribution in [2.75, 3.05) is 0 Å². The highest BCUT2D eigenvalue weighted by atomic mass is 15.0. The Morgan fingerprint density at radius 1 is 1.06 bits per heavy atom. The first-order chi connectivity index (χ1) is 16.8. The van der Waals surface area contributed by atoms with E-state index in [0.717, 1.165) is 41.1 Å². The Morgan fingerprint density at radius 3 is 2.66 bits per heavy atom. The standard InChI is InChI=1S/C33H49N2/c1-23(2)8-6-9-24(3)29-13-14-30-28-12-11-26-20-27(35-19-7-10-25(21-34)22-35)15-17-32(26,4)31(28)16-18-33(29,30)5/h7,10-11,19,22-24,27-31H,6,8-9,12-18,20H2,1-5H3/q+1/t24-,27+,28+,29-,30+,31+,32+,33-/m1/s1. The van der Waals surface area contributed by atoms with Crippen LogP contribution in [0.3, 0.4) is 0 Å². The molecule has 0 bridgehead atoms. The number of aromatic nitrogens is 1.